The van der Waals surface area contributed by atoms with Gasteiger partial charge in [0, 0.05) is 76.3 Å². The summed E-state index contributed by atoms with van der Waals surface area (Å²) in [5.41, 5.74) is -3.38. The summed E-state index contributed by atoms with van der Waals surface area (Å²) in [5.74, 6) is -2.61. The molecule has 74 heavy (non-hydrogen) atoms. The fourth-order valence-corrected chi connectivity index (χ4v) is 11.4. The van der Waals surface area contributed by atoms with Gasteiger partial charge in [-0.1, -0.05) is 26.0 Å². The number of likely N-dealkylation sites (N-methyl/N-ethyl adjacent to an activating group) is 2. The highest BCUT2D eigenvalue weighted by atomic mass is 32.2. The fourth-order valence-electron chi connectivity index (χ4n) is 10.9. The Labute approximate surface area is 437 Å². The Bertz CT molecular complexity index is 2200. The molecule has 3 saturated heterocycles. The number of hydrogen-bond donors (Lipinski definition) is 5. The lowest BCUT2D eigenvalue weighted by atomic mass is 9.78. The van der Waals surface area contributed by atoms with Crippen LogP contribution in [0.3, 0.4) is 0 Å². The second-order valence-electron chi connectivity index (χ2n) is 22.6. The van der Waals surface area contributed by atoms with Crippen molar-refractivity contribution in [2.75, 3.05) is 47.2 Å². The third kappa shape index (κ3) is 15.4. The lowest BCUT2D eigenvalue weighted by molar-refractivity contribution is -0.318. The van der Waals surface area contributed by atoms with E-state index in [1.165, 1.54) is 23.9 Å². The Morgan fingerprint density at radius 3 is 2.27 bits per heavy atom. The summed E-state index contributed by atoms with van der Waals surface area (Å²) < 4.78 is 77.8. The number of aliphatic hydroxyl groups is 5. The van der Waals surface area contributed by atoms with E-state index in [0.29, 0.717) is 43.7 Å². The maximum absolute atomic E-state index is 14.5. The number of nitrogens with zero attached hydrogens (tertiary/aromatic N) is 7. The van der Waals surface area contributed by atoms with Gasteiger partial charge in [-0.3, -0.25) is 4.79 Å². The van der Waals surface area contributed by atoms with Gasteiger partial charge in [-0.05, 0) is 106 Å². The van der Waals surface area contributed by atoms with Crippen LogP contribution in [0.4, 0.5) is 4.39 Å². The van der Waals surface area contributed by atoms with Crippen molar-refractivity contribution in [1.82, 2.24) is 35.0 Å². The first kappa shape index (κ1) is 61.9. The van der Waals surface area contributed by atoms with Gasteiger partial charge in [-0.2, -0.15) is 5.10 Å². The SMILES string of the molecule is CC[C@H]1OC(=O)[C@H](C)[C@@H](O[C@H]2C[C@@](C)(OC)[C@@H](O)[C@H](C)O2)[C@H](C)[C@@H](O[C@@H]2O[C@H](C)C[C@H](N(C)CCc3cn([C@H](CF)Cc4ccc(S(C)(=O)=O)nn4)nn3)[C@H]2O)[C@](C)(O)CC[C@@H](C)CN(C)[C@H](C)[C@@H](O)C[C@]1(C)O. The standard InChI is InChI=1S/C51H88FN7O14S/c1-15-40-50(9,65)24-39(60)33(6)58(12)27-29(2)18-20-49(8,64)46(31(4)44(32(5)47(63)71-40)72-42-25-51(10,68-13)45(62)34(7)70-42)73-48-43(61)38(22-30(3)69-48)57(11)21-19-36-28-59(56-54-36)37(26-52)23-35-16-17-41(55-53-35)74(14,66)67/h16-17,28-34,37-40,42-46,48,60-62,64-65H,15,18-27H2,1-14H3/t29-,30-,31+,32-,33-,34+,37+,38+,39+,40-,42+,43-,44+,45+,46-,48+,49-,50+,51-/m1/s1. The van der Waals surface area contributed by atoms with Crippen molar-refractivity contribution in [2.24, 2.45) is 17.8 Å². The molecule has 19 atom stereocenters. The second kappa shape index (κ2) is 25.7. The number of methoxy groups -OCH3 is 1. The zero-order valence-electron chi connectivity index (χ0n) is 46.1. The summed E-state index contributed by atoms with van der Waals surface area (Å²) in [4.78, 5) is 18.5. The number of alkyl halides is 1. The molecule has 5 N–H and O–H groups in total. The van der Waals surface area contributed by atoms with Crippen LogP contribution < -0.4 is 0 Å². The number of aromatic nitrogens is 5. The average Bonchev–Trinajstić information content (AvgIpc) is 3.81. The number of aliphatic hydroxyl groups excluding tert-OH is 3. The Kier molecular flexibility index (Phi) is 21.5. The molecular formula is C51H88FN7O14S. The predicted molar refractivity (Wildman–Crippen MR) is 270 cm³/mol. The maximum atomic E-state index is 14.5. The van der Waals surface area contributed by atoms with Crippen molar-refractivity contribution in [2.45, 2.75) is 222 Å². The molecule has 0 aromatic carbocycles. The first-order valence-corrected chi connectivity index (χ1v) is 28.1. The van der Waals surface area contributed by atoms with Crippen LogP contribution in [0.1, 0.15) is 125 Å². The molecule has 2 aromatic rings. The molecule has 3 aliphatic rings. The summed E-state index contributed by atoms with van der Waals surface area (Å²) in [6, 6.07) is 1.17. The largest absolute Gasteiger partial charge is 0.459 e. The molecule has 0 aliphatic carbocycles. The summed E-state index contributed by atoms with van der Waals surface area (Å²) in [6.45, 7) is 17.9. The molecule has 0 saturated carbocycles. The Morgan fingerprint density at radius 1 is 0.973 bits per heavy atom. The molecule has 0 spiro atoms. The molecule has 0 amide bonds. The van der Waals surface area contributed by atoms with Crippen molar-refractivity contribution >= 4 is 15.8 Å². The third-order valence-corrected chi connectivity index (χ3v) is 17.0. The third-order valence-electron chi connectivity index (χ3n) is 16.0. The lowest BCUT2D eigenvalue weighted by Gasteiger charge is -2.48. The predicted octanol–water partition coefficient (Wildman–Crippen LogP) is 2.83. The van der Waals surface area contributed by atoms with E-state index in [1.54, 1.807) is 54.7 Å². The minimum atomic E-state index is -3.55. The van der Waals surface area contributed by atoms with E-state index in [-0.39, 0.29) is 49.1 Å². The molecule has 21 nitrogen and oxygen atoms in total. The number of carbonyl (C=O) groups is 1. The van der Waals surface area contributed by atoms with E-state index in [2.05, 4.69) is 27.4 Å². The van der Waals surface area contributed by atoms with Crippen LogP contribution in [-0.2, 0) is 55.9 Å². The molecule has 23 heteroatoms. The van der Waals surface area contributed by atoms with Crippen LogP contribution >= 0.6 is 0 Å². The van der Waals surface area contributed by atoms with Crippen LogP contribution in [0.5, 0.6) is 0 Å². The molecule has 0 bridgehead atoms. The van der Waals surface area contributed by atoms with Crippen LogP contribution in [-0.4, -0.2) is 212 Å². The van der Waals surface area contributed by atoms with E-state index < -0.39 is 125 Å². The molecule has 5 rings (SSSR count). The lowest BCUT2D eigenvalue weighted by Crippen LogP contribution is -2.60. The van der Waals surface area contributed by atoms with Gasteiger partial charge in [0.1, 0.15) is 30.6 Å². The quantitative estimate of drug-likeness (QED) is 0.161. The average molecular weight is 1070 g/mol. The van der Waals surface area contributed by atoms with Gasteiger partial charge in [0.25, 0.3) is 0 Å². The number of ether oxygens (including phenoxy) is 6. The van der Waals surface area contributed by atoms with Gasteiger partial charge in [-0.15, -0.1) is 10.2 Å². The number of halogens is 1. The molecular weight excluding hydrogens is 986 g/mol. The van der Waals surface area contributed by atoms with Crippen molar-refractivity contribution in [1.29, 1.82) is 0 Å². The molecule has 5 heterocycles. The van der Waals surface area contributed by atoms with Crippen LogP contribution in [0, 0.1) is 17.8 Å². The van der Waals surface area contributed by atoms with E-state index in [0.717, 1.165) is 6.26 Å². The van der Waals surface area contributed by atoms with Crippen LogP contribution in [0.2, 0.25) is 0 Å². The molecule has 0 unspecified atom stereocenters. The van der Waals surface area contributed by atoms with Crippen molar-refractivity contribution in [3.05, 3.63) is 29.7 Å². The van der Waals surface area contributed by atoms with Gasteiger partial charge in [0.2, 0.25) is 0 Å². The zero-order chi connectivity index (χ0) is 55.2. The topological polar surface area (TPSA) is 271 Å². The second-order valence-corrected chi connectivity index (χ2v) is 24.5. The molecule has 3 aliphatic heterocycles. The number of hydrogen-bond acceptors (Lipinski definition) is 20. The van der Waals surface area contributed by atoms with Gasteiger partial charge in [0.05, 0.1) is 65.1 Å². The summed E-state index contributed by atoms with van der Waals surface area (Å²) >= 11 is 0. The van der Waals surface area contributed by atoms with E-state index in [1.807, 2.05) is 37.7 Å². The maximum Gasteiger partial charge on any atom is 0.311 e. The Hall–Kier alpha value is -2.91. The molecule has 0 radical (unpaired) electrons. The summed E-state index contributed by atoms with van der Waals surface area (Å²) in [5, 5.41) is 75.5. The molecule has 424 valence electrons. The normalized spacial score (nSPS) is 39.4. The van der Waals surface area contributed by atoms with E-state index in [4.69, 9.17) is 28.4 Å². The Balaban J connectivity index is 1.43. The number of rotatable bonds is 15. The number of carbonyl (C=O) groups excluding carboxylic acids is 1. The minimum absolute atomic E-state index is 0.0114. The summed E-state index contributed by atoms with van der Waals surface area (Å²) in [6.07, 6.45) is -5.37. The highest BCUT2D eigenvalue weighted by Gasteiger charge is 2.52. The highest BCUT2D eigenvalue weighted by Crippen LogP contribution is 2.40. The smallest absolute Gasteiger partial charge is 0.311 e. The van der Waals surface area contributed by atoms with Gasteiger partial charge >= 0.3 is 5.97 Å². The minimum Gasteiger partial charge on any atom is -0.459 e. The van der Waals surface area contributed by atoms with Crippen LogP contribution in [0.15, 0.2) is 23.4 Å². The summed E-state index contributed by atoms with van der Waals surface area (Å²) in [7, 11) is 1.70. The van der Waals surface area contributed by atoms with Crippen molar-refractivity contribution in [3.8, 4) is 0 Å². The van der Waals surface area contributed by atoms with E-state index in [9.17, 15) is 43.1 Å². The fraction of sp³-hybridized carbons (Fsp3) is 0.863. The first-order chi connectivity index (χ1) is 34.4. The molecule has 2 aromatic heterocycles. The van der Waals surface area contributed by atoms with Crippen LogP contribution in [0.25, 0.3) is 0 Å². The Morgan fingerprint density at radius 2 is 1.66 bits per heavy atom. The van der Waals surface area contributed by atoms with Crippen molar-refractivity contribution in [3.63, 3.8) is 0 Å². The van der Waals surface area contributed by atoms with Gasteiger partial charge in [0.15, 0.2) is 27.4 Å². The highest BCUT2D eigenvalue weighted by molar-refractivity contribution is 7.90. The number of cyclic esters (lactones) is 1. The zero-order valence-corrected chi connectivity index (χ0v) is 46.9. The monoisotopic (exact) mass is 1070 g/mol. The van der Waals surface area contributed by atoms with E-state index >= 15 is 0 Å². The number of esters is 1. The van der Waals surface area contributed by atoms with Gasteiger partial charge < -0.3 is 63.8 Å². The van der Waals surface area contributed by atoms with Gasteiger partial charge in [-0.25, -0.2) is 17.5 Å². The first-order valence-electron chi connectivity index (χ1n) is 26.2. The molecule has 3 fully saturated rings. The number of sulfone groups is 1. The van der Waals surface area contributed by atoms with Crippen molar-refractivity contribution < 1.29 is 71.6 Å².